The van der Waals surface area contributed by atoms with Crippen LogP contribution in [0.25, 0.3) is 10.8 Å². The molecule has 11 nitrogen and oxygen atoms in total. The van der Waals surface area contributed by atoms with Gasteiger partial charge in [-0.1, -0.05) is 91.0 Å². The molecular weight excluding hydrogens is 641 g/mol. The number of benzene rings is 4. The predicted molar refractivity (Wildman–Crippen MR) is 187 cm³/mol. The van der Waals surface area contributed by atoms with Crippen LogP contribution in [0.3, 0.4) is 0 Å². The van der Waals surface area contributed by atoms with E-state index in [1.165, 1.54) is 0 Å². The number of hydrogen-bond donors (Lipinski definition) is 2. The summed E-state index contributed by atoms with van der Waals surface area (Å²) in [6.45, 7) is 7.53. The van der Waals surface area contributed by atoms with Crippen LogP contribution < -0.4 is 9.84 Å². The van der Waals surface area contributed by atoms with E-state index in [0.29, 0.717) is 0 Å². The largest absolute Gasteiger partial charge is 0.425 e. The molecule has 49 heavy (non-hydrogen) atoms. The van der Waals surface area contributed by atoms with E-state index in [1.807, 2.05) is 79.7 Å². The third-order valence-corrected chi connectivity index (χ3v) is 9.50. The van der Waals surface area contributed by atoms with Crippen molar-refractivity contribution in [3.8, 4) is 5.75 Å². The Balaban J connectivity index is 1.39. The van der Waals surface area contributed by atoms with Crippen LogP contribution in [0.2, 0.25) is 0 Å². The molecule has 2 saturated heterocycles. The summed E-state index contributed by atoms with van der Waals surface area (Å²) in [5.74, 6) is -0.298. The zero-order valence-electron chi connectivity index (χ0n) is 27.5. The van der Waals surface area contributed by atoms with Crippen molar-refractivity contribution >= 4 is 36.2 Å². The minimum atomic E-state index is -3.76. The lowest BCUT2D eigenvalue weighted by Crippen LogP contribution is -2.79. The number of hydrogen-bond acceptors (Lipinski definition) is 6. The summed E-state index contributed by atoms with van der Waals surface area (Å²) in [5, 5.41) is 8.34. The fourth-order valence-electron chi connectivity index (χ4n) is 6.74. The maximum absolute atomic E-state index is 14.6. The van der Waals surface area contributed by atoms with E-state index in [2.05, 4.69) is 11.9 Å². The van der Waals surface area contributed by atoms with E-state index in [4.69, 9.17) is 4.52 Å². The molecule has 4 amide bonds. The number of fused-ring (bicyclic) bond motifs is 2. The maximum atomic E-state index is 14.6. The summed E-state index contributed by atoms with van der Waals surface area (Å²) in [5.41, 5.74) is 2.59. The van der Waals surface area contributed by atoms with Gasteiger partial charge in [0.15, 0.2) is 0 Å². The molecule has 2 heterocycles. The molecule has 4 aromatic rings. The molecule has 0 aromatic heterocycles. The van der Waals surface area contributed by atoms with Crippen LogP contribution in [0.5, 0.6) is 5.75 Å². The second-order valence-electron chi connectivity index (χ2n) is 12.4. The highest BCUT2D eigenvalue weighted by atomic mass is 31.2. The van der Waals surface area contributed by atoms with Crippen LogP contribution in [0.15, 0.2) is 110 Å². The van der Waals surface area contributed by atoms with E-state index >= 15 is 0 Å². The van der Waals surface area contributed by atoms with Crippen molar-refractivity contribution < 1.29 is 28.4 Å². The number of amides is 4. The first kappa shape index (κ1) is 33.9. The molecule has 2 aliphatic heterocycles. The zero-order valence-corrected chi connectivity index (χ0v) is 28.4. The minimum absolute atomic E-state index is 0.115. The molecule has 0 saturated carbocycles. The quantitative estimate of drug-likeness (QED) is 0.175. The van der Waals surface area contributed by atoms with E-state index in [9.17, 15) is 23.8 Å². The van der Waals surface area contributed by atoms with Crippen molar-refractivity contribution in [2.45, 2.75) is 44.7 Å². The Labute approximate surface area is 285 Å². The third-order valence-electron chi connectivity index (χ3n) is 8.96. The van der Waals surface area contributed by atoms with Crippen molar-refractivity contribution in [3.63, 3.8) is 0 Å². The van der Waals surface area contributed by atoms with Crippen molar-refractivity contribution in [2.24, 2.45) is 0 Å². The topological polar surface area (TPSA) is 123 Å². The molecule has 254 valence electrons. The summed E-state index contributed by atoms with van der Waals surface area (Å²) in [6, 6.07) is 28.2. The number of piperazine rings is 1. The van der Waals surface area contributed by atoms with Gasteiger partial charge in [0.2, 0.25) is 11.8 Å². The van der Waals surface area contributed by atoms with Crippen LogP contribution in [0.1, 0.15) is 23.6 Å². The van der Waals surface area contributed by atoms with Crippen LogP contribution in [-0.2, 0) is 33.7 Å². The van der Waals surface area contributed by atoms with Crippen molar-refractivity contribution in [1.29, 1.82) is 0 Å². The van der Waals surface area contributed by atoms with Gasteiger partial charge in [0, 0.05) is 32.7 Å². The van der Waals surface area contributed by atoms with Gasteiger partial charge in [-0.05, 0) is 46.5 Å². The standard InChI is InChI=1S/C37H40N5O6P/c1-4-21-39-25-34(43)41-33(22-27-17-19-31(20-18-27)48-49(3,46)47)36(44)40(24-30-15-10-14-29-13-8-9-16-32(29)30)26(2)35(41)42(39)37(45)38-23-28-11-6-5-7-12-28/h4-20,26,33,35H,1,21-25H2,2-3H3,(H,38,45)(H,46,47)/t26-,33-,35-/m0/s1. The minimum Gasteiger partial charge on any atom is -0.425 e. The van der Waals surface area contributed by atoms with Gasteiger partial charge >= 0.3 is 13.6 Å². The average Bonchev–Trinajstić information content (AvgIpc) is 3.08. The van der Waals surface area contributed by atoms with Gasteiger partial charge in [0.05, 0.1) is 12.6 Å². The Morgan fingerprint density at radius 3 is 2.39 bits per heavy atom. The first-order valence-electron chi connectivity index (χ1n) is 16.2. The summed E-state index contributed by atoms with van der Waals surface area (Å²) in [4.78, 5) is 55.8. The van der Waals surface area contributed by atoms with E-state index < -0.39 is 31.9 Å². The highest BCUT2D eigenvalue weighted by Gasteiger charge is 2.54. The smallest absolute Gasteiger partial charge is 0.373 e. The summed E-state index contributed by atoms with van der Waals surface area (Å²) >= 11 is 0. The normalized spacial score (nSPS) is 20.9. The van der Waals surface area contributed by atoms with Crippen LogP contribution >= 0.6 is 7.60 Å². The van der Waals surface area contributed by atoms with E-state index in [0.717, 1.165) is 34.1 Å². The molecule has 4 atom stereocenters. The molecule has 0 radical (unpaired) electrons. The zero-order chi connectivity index (χ0) is 34.7. The number of urea groups is 1. The van der Waals surface area contributed by atoms with Gasteiger partial charge in [-0.2, -0.15) is 0 Å². The highest BCUT2D eigenvalue weighted by Crippen LogP contribution is 2.38. The Morgan fingerprint density at radius 1 is 0.980 bits per heavy atom. The third kappa shape index (κ3) is 7.39. The number of nitrogens with one attached hydrogen (secondary N) is 1. The van der Waals surface area contributed by atoms with Crippen molar-refractivity contribution in [1.82, 2.24) is 25.1 Å². The highest BCUT2D eigenvalue weighted by molar-refractivity contribution is 7.52. The summed E-state index contributed by atoms with van der Waals surface area (Å²) < 4.78 is 16.9. The molecule has 4 aromatic carbocycles. The first-order chi connectivity index (χ1) is 23.5. The van der Waals surface area contributed by atoms with Gasteiger partial charge in [-0.25, -0.2) is 19.4 Å². The van der Waals surface area contributed by atoms with E-state index in [1.54, 1.807) is 50.2 Å². The van der Waals surface area contributed by atoms with Gasteiger partial charge in [-0.3, -0.25) is 9.59 Å². The molecule has 12 heteroatoms. The van der Waals surface area contributed by atoms with Crippen molar-refractivity contribution in [2.75, 3.05) is 19.8 Å². The molecule has 2 aliphatic rings. The molecule has 0 aliphatic carbocycles. The van der Waals surface area contributed by atoms with Gasteiger partial charge in [-0.15, -0.1) is 6.58 Å². The number of carbonyl (C=O) groups is 3. The Kier molecular flexibility index (Phi) is 9.87. The predicted octanol–water partition coefficient (Wildman–Crippen LogP) is 5.16. The Bertz CT molecular complexity index is 1890. The fourth-order valence-corrected chi connectivity index (χ4v) is 7.26. The van der Waals surface area contributed by atoms with E-state index in [-0.39, 0.29) is 50.2 Å². The van der Waals surface area contributed by atoms with Crippen LogP contribution in [0, 0.1) is 0 Å². The molecular formula is C37H40N5O6P. The average molecular weight is 682 g/mol. The van der Waals surface area contributed by atoms with Crippen LogP contribution in [0.4, 0.5) is 4.79 Å². The number of nitrogens with zero attached hydrogens (tertiary/aromatic N) is 4. The molecule has 1 unspecified atom stereocenters. The summed E-state index contributed by atoms with van der Waals surface area (Å²) in [6.07, 6.45) is 0.983. The number of carbonyl (C=O) groups excluding carboxylic acids is 3. The lowest BCUT2D eigenvalue weighted by atomic mass is 9.94. The Morgan fingerprint density at radius 2 is 1.67 bits per heavy atom. The molecule has 0 spiro atoms. The molecule has 6 rings (SSSR count). The second-order valence-corrected chi connectivity index (χ2v) is 14.2. The second kappa shape index (κ2) is 14.3. The molecule has 2 N–H and O–H groups in total. The maximum Gasteiger partial charge on any atom is 0.373 e. The first-order valence-corrected chi connectivity index (χ1v) is 18.2. The van der Waals surface area contributed by atoms with Crippen LogP contribution in [-0.4, -0.2) is 80.6 Å². The van der Waals surface area contributed by atoms with Gasteiger partial charge in [0.1, 0.15) is 18.0 Å². The monoisotopic (exact) mass is 681 g/mol. The number of hydrazine groups is 1. The molecule has 0 bridgehead atoms. The van der Waals surface area contributed by atoms with Gasteiger partial charge < -0.3 is 24.5 Å². The SMILES string of the molecule is C=CCN1CC(=O)N2[C@@H](Cc3ccc(OP(C)(=O)O)cc3)C(=O)N(Cc3cccc4ccccc34)[C@@H](C)[C@@H]2N1C(=O)NCc1ccccc1. The fraction of sp³-hybridized carbons (Fsp3) is 0.270. The van der Waals surface area contributed by atoms with Crippen molar-refractivity contribution in [3.05, 3.63) is 126 Å². The number of rotatable bonds is 10. The Hall–Kier alpha value is -4.96. The lowest BCUT2D eigenvalue weighted by molar-refractivity contribution is -0.198. The molecule has 2 fully saturated rings. The van der Waals surface area contributed by atoms with Gasteiger partial charge in [0.25, 0.3) is 0 Å². The lowest BCUT2D eigenvalue weighted by Gasteiger charge is -2.57. The summed E-state index contributed by atoms with van der Waals surface area (Å²) in [7, 11) is -3.76.